The number of amides is 1. The van der Waals surface area contributed by atoms with Crippen molar-refractivity contribution in [2.24, 2.45) is 0 Å². The summed E-state index contributed by atoms with van der Waals surface area (Å²) in [6.45, 7) is 0.488. The van der Waals surface area contributed by atoms with E-state index < -0.39 is 0 Å². The molecular formula is C15H14N4O. The van der Waals surface area contributed by atoms with Crippen LogP contribution in [0.3, 0.4) is 0 Å². The highest BCUT2D eigenvalue weighted by Gasteiger charge is 2.12. The molecule has 3 aromatic rings. The molecule has 100 valence electrons. The summed E-state index contributed by atoms with van der Waals surface area (Å²) in [5.41, 5.74) is 2.47. The van der Waals surface area contributed by atoms with Gasteiger partial charge >= 0.3 is 0 Å². The van der Waals surface area contributed by atoms with Crippen LogP contribution < -0.4 is 5.32 Å². The maximum atomic E-state index is 12.2. The Kier molecular flexibility index (Phi) is 3.33. The molecule has 0 saturated carbocycles. The van der Waals surface area contributed by atoms with Gasteiger partial charge in [-0.25, -0.2) is 4.98 Å². The van der Waals surface area contributed by atoms with E-state index in [0.29, 0.717) is 12.2 Å². The van der Waals surface area contributed by atoms with Crippen LogP contribution in [-0.4, -0.2) is 20.4 Å². The molecule has 2 N–H and O–H groups in total. The molecule has 0 aliphatic carbocycles. The number of rotatable bonds is 4. The lowest BCUT2D eigenvalue weighted by molar-refractivity contribution is 0.0944. The minimum Gasteiger partial charge on any atom is -0.367 e. The van der Waals surface area contributed by atoms with Crippen molar-refractivity contribution in [3.63, 3.8) is 0 Å². The molecule has 2 heterocycles. The molecule has 1 amide bonds. The topological polar surface area (TPSA) is 62.7 Å². The highest BCUT2D eigenvalue weighted by Crippen LogP contribution is 2.10. The van der Waals surface area contributed by atoms with Gasteiger partial charge in [0.25, 0.3) is 5.91 Å². The summed E-state index contributed by atoms with van der Waals surface area (Å²) < 4.78 is 1.77. The minimum absolute atomic E-state index is 0.146. The highest BCUT2D eigenvalue weighted by atomic mass is 16.1. The summed E-state index contributed by atoms with van der Waals surface area (Å²) in [6.07, 6.45) is 6.89. The molecule has 0 saturated heterocycles. The number of hydrogen-bond donors (Lipinski definition) is 2. The van der Waals surface area contributed by atoms with Crippen molar-refractivity contribution in [3.8, 4) is 5.69 Å². The van der Waals surface area contributed by atoms with Crippen LogP contribution in [0.4, 0.5) is 0 Å². The van der Waals surface area contributed by atoms with E-state index in [0.717, 1.165) is 11.3 Å². The molecule has 0 fully saturated rings. The smallest absolute Gasteiger partial charge is 0.270 e. The fourth-order valence-electron chi connectivity index (χ4n) is 2.00. The molecule has 5 heteroatoms. The maximum Gasteiger partial charge on any atom is 0.270 e. The van der Waals surface area contributed by atoms with Crippen LogP contribution in [-0.2, 0) is 6.54 Å². The molecule has 0 aliphatic heterocycles. The molecule has 5 nitrogen and oxygen atoms in total. The summed E-state index contributed by atoms with van der Waals surface area (Å²) in [5, 5.41) is 2.88. The number of aromatic nitrogens is 3. The van der Waals surface area contributed by atoms with Crippen LogP contribution in [0.15, 0.2) is 61.3 Å². The number of H-pyrrole nitrogens is 1. The summed E-state index contributed by atoms with van der Waals surface area (Å²) in [4.78, 5) is 19.2. The lowest BCUT2D eigenvalue weighted by Crippen LogP contribution is -2.24. The molecule has 20 heavy (non-hydrogen) atoms. The Morgan fingerprint density at radius 1 is 1.25 bits per heavy atom. The van der Waals surface area contributed by atoms with E-state index >= 15 is 0 Å². The van der Waals surface area contributed by atoms with Gasteiger partial charge in [-0.3, -0.25) is 9.36 Å². The Bertz CT molecular complexity index is 686. The fourth-order valence-corrected chi connectivity index (χ4v) is 2.00. The lowest BCUT2D eigenvalue weighted by Gasteiger charge is -2.08. The van der Waals surface area contributed by atoms with Gasteiger partial charge in [-0.1, -0.05) is 18.2 Å². The quantitative estimate of drug-likeness (QED) is 0.760. The van der Waals surface area contributed by atoms with E-state index in [1.165, 1.54) is 0 Å². The number of hydrogen-bond acceptors (Lipinski definition) is 2. The first-order valence-corrected chi connectivity index (χ1v) is 6.32. The van der Waals surface area contributed by atoms with Crippen molar-refractivity contribution < 1.29 is 4.79 Å². The minimum atomic E-state index is -0.146. The van der Waals surface area contributed by atoms with Gasteiger partial charge in [0.15, 0.2) is 0 Å². The number of imidazole rings is 1. The fraction of sp³-hybridized carbons (Fsp3) is 0.0667. The third kappa shape index (κ3) is 2.47. The van der Waals surface area contributed by atoms with Crippen LogP contribution in [0.1, 0.15) is 16.1 Å². The first-order valence-electron chi connectivity index (χ1n) is 6.32. The van der Waals surface area contributed by atoms with E-state index in [1.54, 1.807) is 17.1 Å². The Morgan fingerprint density at radius 2 is 2.10 bits per heavy atom. The van der Waals surface area contributed by atoms with Gasteiger partial charge in [0, 0.05) is 24.6 Å². The first-order chi connectivity index (χ1) is 9.84. The molecule has 0 spiro atoms. The number of nitrogens with zero attached hydrogens (tertiary/aromatic N) is 2. The highest BCUT2D eigenvalue weighted by molar-refractivity contribution is 5.92. The van der Waals surface area contributed by atoms with E-state index in [9.17, 15) is 4.79 Å². The summed E-state index contributed by atoms with van der Waals surface area (Å²) >= 11 is 0. The van der Waals surface area contributed by atoms with Gasteiger partial charge in [-0.2, -0.15) is 0 Å². The second-order valence-electron chi connectivity index (χ2n) is 4.39. The van der Waals surface area contributed by atoms with E-state index in [-0.39, 0.29) is 5.91 Å². The van der Waals surface area contributed by atoms with E-state index in [4.69, 9.17) is 0 Å². The summed E-state index contributed by atoms with van der Waals surface area (Å²) in [5.74, 6) is -0.146. The summed E-state index contributed by atoms with van der Waals surface area (Å²) in [7, 11) is 0. The second-order valence-corrected chi connectivity index (χ2v) is 4.39. The number of benzene rings is 1. The van der Waals surface area contributed by atoms with Crippen molar-refractivity contribution in [3.05, 3.63) is 72.6 Å². The zero-order valence-electron chi connectivity index (χ0n) is 10.8. The van der Waals surface area contributed by atoms with Crippen LogP contribution >= 0.6 is 0 Å². The standard InChI is InChI=1S/C15H14N4O/c20-15(18-9-12-6-7-16-8-12)14-10-17-11-19(14)13-4-2-1-3-5-13/h1-8,10-11,16H,9H2,(H,18,20). The summed E-state index contributed by atoms with van der Waals surface area (Å²) in [6, 6.07) is 11.6. The average molecular weight is 266 g/mol. The number of aromatic amines is 1. The predicted molar refractivity (Wildman–Crippen MR) is 75.5 cm³/mol. The van der Waals surface area contributed by atoms with Gasteiger partial charge < -0.3 is 10.3 Å². The predicted octanol–water partition coefficient (Wildman–Crippen LogP) is 2.13. The van der Waals surface area contributed by atoms with Crippen molar-refractivity contribution in [1.82, 2.24) is 19.9 Å². The monoisotopic (exact) mass is 266 g/mol. The van der Waals surface area contributed by atoms with Crippen molar-refractivity contribution in [2.75, 3.05) is 0 Å². The number of para-hydroxylation sites is 1. The first kappa shape index (κ1) is 12.2. The van der Waals surface area contributed by atoms with Crippen LogP contribution in [0, 0.1) is 0 Å². The molecule has 0 bridgehead atoms. The van der Waals surface area contributed by atoms with E-state index in [1.807, 2.05) is 48.8 Å². The molecule has 2 aromatic heterocycles. The van der Waals surface area contributed by atoms with Crippen molar-refractivity contribution in [2.45, 2.75) is 6.54 Å². The van der Waals surface area contributed by atoms with Crippen molar-refractivity contribution in [1.29, 1.82) is 0 Å². The molecule has 0 aliphatic rings. The van der Waals surface area contributed by atoms with E-state index in [2.05, 4.69) is 15.3 Å². The zero-order chi connectivity index (χ0) is 13.8. The normalized spacial score (nSPS) is 10.4. The second kappa shape index (κ2) is 5.44. The molecular weight excluding hydrogens is 252 g/mol. The molecule has 0 unspecified atom stereocenters. The van der Waals surface area contributed by atoms with Crippen molar-refractivity contribution >= 4 is 5.91 Å². The Labute approximate surface area is 116 Å². The van der Waals surface area contributed by atoms with Crippen LogP contribution in [0.5, 0.6) is 0 Å². The molecule has 0 atom stereocenters. The van der Waals surface area contributed by atoms with Gasteiger partial charge in [-0.05, 0) is 23.8 Å². The Balaban J connectivity index is 1.77. The van der Waals surface area contributed by atoms with Crippen LogP contribution in [0.2, 0.25) is 0 Å². The SMILES string of the molecule is O=C(NCc1cc[nH]c1)c1cncn1-c1ccccc1. The number of carbonyl (C=O) groups excluding carboxylic acids is 1. The number of nitrogens with one attached hydrogen (secondary N) is 2. The third-order valence-corrected chi connectivity index (χ3v) is 3.02. The molecule has 3 rings (SSSR count). The Morgan fingerprint density at radius 3 is 2.85 bits per heavy atom. The van der Waals surface area contributed by atoms with Gasteiger partial charge in [0.1, 0.15) is 5.69 Å². The maximum absolute atomic E-state index is 12.2. The average Bonchev–Trinajstić information content (AvgIpc) is 3.17. The van der Waals surface area contributed by atoms with Crippen LogP contribution in [0.25, 0.3) is 5.69 Å². The third-order valence-electron chi connectivity index (χ3n) is 3.02. The van der Waals surface area contributed by atoms with Gasteiger partial charge in [0.2, 0.25) is 0 Å². The lowest BCUT2D eigenvalue weighted by atomic mass is 10.3. The largest absolute Gasteiger partial charge is 0.367 e. The van der Waals surface area contributed by atoms with Gasteiger partial charge in [0.05, 0.1) is 12.5 Å². The Hall–Kier alpha value is -2.82. The van der Waals surface area contributed by atoms with Gasteiger partial charge in [-0.15, -0.1) is 0 Å². The molecule has 1 aromatic carbocycles. The number of carbonyl (C=O) groups is 1. The molecule has 0 radical (unpaired) electrons. The zero-order valence-corrected chi connectivity index (χ0v) is 10.8.